The van der Waals surface area contributed by atoms with Gasteiger partial charge in [0, 0.05) is 50.0 Å². The van der Waals surface area contributed by atoms with Crippen LogP contribution in [0.3, 0.4) is 0 Å². The molecule has 2 aliphatic rings. The smallest absolute Gasteiger partial charge is 0.367 e. The second-order valence-electron chi connectivity index (χ2n) is 9.70. The summed E-state index contributed by atoms with van der Waals surface area (Å²) in [7, 11) is 0. The number of rotatable bonds is 4. The summed E-state index contributed by atoms with van der Waals surface area (Å²) < 4.78 is 55.0. The van der Waals surface area contributed by atoms with Crippen molar-refractivity contribution < 1.29 is 22.4 Å². The predicted molar refractivity (Wildman–Crippen MR) is 131 cm³/mol. The van der Waals surface area contributed by atoms with E-state index in [9.17, 15) is 22.4 Å². The maximum absolute atomic E-state index is 14.8. The Bertz CT molecular complexity index is 1340. The molecule has 202 valence electrons. The molecule has 0 spiro atoms. The fourth-order valence-electron chi connectivity index (χ4n) is 5.24. The van der Waals surface area contributed by atoms with Crippen LogP contribution in [-0.4, -0.2) is 67.8 Å². The van der Waals surface area contributed by atoms with Crippen LogP contribution in [0, 0.1) is 19.7 Å². The lowest BCUT2D eigenvalue weighted by Gasteiger charge is -2.43. The number of amides is 1. The van der Waals surface area contributed by atoms with Crippen LogP contribution >= 0.6 is 0 Å². The minimum atomic E-state index is -4.61. The first-order valence-electron chi connectivity index (χ1n) is 12.4. The number of piperazine rings is 1. The van der Waals surface area contributed by atoms with E-state index in [0.29, 0.717) is 62.0 Å². The van der Waals surface area contributed by atoms with Gasteiger partial charge in [0.2, 0.25) is 11.7 Å². The van der Waals surface area contributed by atoms with Crippen molar-refractivity contribution in [2.24, 2.45) is 0 Å². The number of aromatic nitrogens is 5. The maximum Gasteiger partial charge on any atom is 0.451 e. The van der Waals surface area contributed by atoms with Gasteiger partial charge in [-0.05, 0) is 44.9 Å². The highest BCUT2D eigenvalue weighted by atomic mass is 19.4. The molecule has 1 aromatic carbocycles. The van der Waals surface area contributed by atoms with Gasteiger partial charge in [-0.1, -0.05) is 0 Å². The van der Waals surface area contributed by atoms with Crippen LogP contribution in [-0.2, 0) is 30.5 Å². The third-order valence-electron chi connectivity index (χ3n) is 7.12. The molecule has 1 saturated heterocycles. The van der Waals surface area contributed by atoms with Crippen LogP contribution < -0.4 is 9.80 Å². The number of fused-ring (bicyclic) bond motifs is 1. The first kappa shape index (κ1) is 25.9. The van der Waals surface area contributed by atoms with Crippen molar-refractivity contribution in [1.29, 1.82) is 0 Å². The van der Waals surface area contributed by atoms with Crippen LogP contribution in [0.1, 0.15) is 35.5 Å². The van der Waals surface area contributed by atoms with E-state index in [0.717, 1.165) is 23.6 Å². The van der Waals surface area contributed by atoms with Crippen LogP contribution in [0.15, 0.2) is 24.5 Å². The minimum absolute atomic E-state index is 0.0419. The van der Waals surface area contributed by atoms with E-state index in [1.807, 2.05) is 23.6 Å². The van der Waals surface area contributed by atoms with E-state index < -0.39 is 12.0 Å². The Hall–Kier alpha value is -3.77. The molecular formula is C25H28F4N8O. The highest BCUT2D eigenvalue weighted by molar-refractivity contribution is 5.77. The molecule has 2 aromatic heterocycles. The van der Waals surface area contributed by atoms with E-state index >= 15 is 0 Å². The van der Waals surface area contributed by atoms with Crippen LogP contribution in [0.5, 0.6) is 0 Å². The van der Waals surface area contributed by atoms with E-state index in [1.165, 1.54) is 6.07 Å². The Morgan fingerprint density at radius 1 is 1.05 bits per heavy atom. The van der Waals surface area contributed by atoms with E-state index in [-0.39, 0.29) is 24.3 Å². The SMILES string of the molecule is Cc1nc(C)n(CC(=O)N2CCN(c3ccc(F)c4c3CN(c3cnc(C(F)(F)F)nc3)CC4)CC2C)n1. The van der Waals surface area contributed by atoms with Gasteiger partial charge in [-0.3, -0.25) is 4.79 Å². The molecule has 1 fully saturated rings. The fraction of sp³-hybridized carbons (Fsp3) is 0.480. The normalized spacial score (nSPS) is 18.1. The molecule has 5 rings (SSSR count). The van der Waals surface area contributed by atoms with Crippen molar-refractivity contribution in [3.05, 3.63) is 58.9 Å². The van der Waals surface area contributed by atoms with Crippen molar-refractivity contribution in [3.63, 3.8) is 0 Å². The quantitative estimate of drug-likeness (QED) is 0.478. The predicted octanol–water partition coefficient (Wildman–Crippen LogP) is 3.14. The molecule has 1 atom stereocenters. The van der Waals surface area contributed by atoms with E-state index in [2.05, 4.69) is 25.0 Å². The van der Waals surface area contributed by atoms with Crippen molar-refractivity contribution >= 4 is 17.3 Å². The monoisotopic (exact) mass is 532 g/mol. The second-order valence-corrected chi connectivity index (χ2v) is 9.70. The standard InChI is InChI=1S/C25H28F4N8O/c1-15-12-35(8-9-36(15)23(38)14-37-17(3)32-16(2)33-37)22-5-4-21(26)19-6-7-34(13-20(19)22)18-10-30-24(31-11-18)25(27,28)29/h4-5,10-11,15H,6-9,12-14H2,1-3H3. The molecule has 13 heteroatoms. The summed E-state index contributed by atoms with van der Waals surface area (Å²) in [6.07, 6.45) is -1.90. The van der Waals surface area contributed by atoms with Crippen LogP contribution in [0.4, 0.5) is 28.9 Å². The van der Waals surface area contributed by atoms with E-state index in [4.69, 9.17) is 0 Å². The average Bonchev–Trinajstić information content (AvgIpc) is 3.19. The molecular weight excluding hydrogens is 504 g/mol. The lowest BCUT2D eigenvalue weighted by atomic mass is 9.95. The summed E-state index contributed by atoms with van der Waals surface area (Å²) in [5, 5.41) is 4.28. The Balaban J connectivity index is 1.32. The van der Waals surface area contributed by atoms with Crippen LogP contribution in [0.2, 0.25) is 0 Å². The summed E-state index contributed by atoms with van der Waals surface area (Å²) in [6, 6.07) is 3.11. The van der Waals surface area contributed by atoms with Gasteiger partial charge in [0.05, 0.1) is 18.1 Å². The van der Waals surface area contributed by atoms with Crippen molar-refractivity contribution in [3.8, 4) is 0 Å². The number of benzene rings is 1. The number of carbonyl (C=O) groups is 1. The zero-order valence-electron chi connectivity index (χ0n) is 21.3. The molecule has 0 N–H and O–H groups in total. The average molecular weight is 533 g/mol. The number of carbonyl (C=O) groups excluding carboxylic acids is 1. The molecule has 9 nitrogen and oxygen atoms in total. The van der Waals surface area contributed by atoms with Gasteiger partial charge in [0.25, 0.3) is 0 Å². The molecule has 4 heterocycles. The number of anilines is 2. The minimum Gasteiger partial charge on any atom is -0.367 e. The van der Waals surface area contributed by atoms with Gasteiger partial charge in [-0.25, -0.2) is 24.0 Å². The molecule has 1 amide bonds. The van der Waals surface area contributed by atoms with Gasteiger partial charge >= 0.3 is 6.18 Å². The lowest BCUT2D eigenvalue weighted by Crippen LogP contribution is -2.55. The molecule has 0 saturated carbocycles. The van der Waals surface area contributed by atoms with Crippen molar-refractivity contribution in [2.45, 2.75) is 52.5 Å². The summed E-state index contributed by atoms with van der Waals surface area (Å²) in [4.78, 5) is 30.1. The summed E-state index contributed by atoms with van der Waals surface area (Å²) >= 11 is 0. The van der Waals surface area contributed by atoms with Gasteiger partial charge in [0.1, 0.15) is 24.0 Å². The summed E-state index contributed by atoms with van der Waals surface area (Å²) in [5.74, 6) is -0.234. The number of hydrogen-bond acceptors (Lipinski definition) is 7. The maximum atomic E-state index is 14.8. The molecule has 0 radical (unpaired) electrons. The molecule has 2 aliphatic heterocycles. The van der Waals surface area contributed by atoms with Crippen LogP contribution in [0.25, 0.3) is 0 Å². The van der Waals surface area contributed by atoms with Crippen molar-refractivity contribution in [1.82, 2.24) is 29.6 Å². The number of aryl methyl sites for hydroxylation is 2. The molecule has 38 heavy (non-hydrogen) atoms. The Morgan fingerprint density at radius 3 is 2.42 bits per heavy atom. The first-order valence-corrected chi connectivity index (χ1v) is 12.4. The highest BCUT2D eigenvalue weighted by Crippen LogP contribution is 2.34. The number of nitrogens with zero attached hydrogens (tertiary/aromatic N) is 8. The lowest BCUT2D eigenvalue weighted by molar-refractivity contribution is -0.145. The molecule has 1 unspecified atom stereocenters. The molecule has 3 aromatic rings. The Kier molecular flexibility index (Phi) is 6.70. The fourth-order valence-corrected chi connectivity index (χ4v) is 5.24. The largest absolute Gasteiger partial charge is 0.451 e. The first-order chi connectivity index (χ1) is 18.0. The van der Waals surface area contributed by atoms with Crippen molar-refractivity contribution in [2.75, 3.05) is 36.0 Å². The molecule has 0 aliphatic carbocycles. The molecule has 0 bridgehead atoms. The van der Waals surface area contributed by atoms with Gasteiger partial charge in [0.15, 0.2) is 0 Å². The van der Waals surface area contributed by atoms with Gasteiger partial charge in [-0.2, -0.15) is 18.3 Å². The van der Waals surface area contributed by atoms with Gasteiger partial charge in [-0.15, -0.1) is 0 Å². The Morgan fingerprint density at radius 2 is 1.79 bits per heavy atom. The summed E-state index contributed by atoms with van der Waals surface area (Å²) in [6.45, 7) is 8.05. The zero-order valence-corrected chi connectivity index (χ0v) is 21.3. The third kappa shape index (κ3) is 5.01. The summed E-state index contributed by atoms with van der Waals surface area (Å²) in [5.41, 5.74) is 2.70. The Labute approximate surface area is 217 Å². The zero-order chi connectivity index (χ0) is 27.2. The number of hydrogen-bond donors (Lipinski definition) is 0. The van der Waals surface area contributed by atoms with Gasteiger partial charge < -0.3 is 14.7 Å². The topological polar surface area (TPSA) is 83.3 Å². The van der Waals surface area contributed by atoms with E-state index in [1.54, 1.807) is 17.7 Å². The number of halogens is 4. The highest BCUT2D eigenvalue weighted by Gasteiger charge is 2.35. The second kappa shape index (κ2) is 9.84. The third-order valence-corrected chi connectivity index (χ3v) is 7.12. The number of alkyl halides is 3.